The van der Waals surface area contributed by atoms with E-state index in [9.17, 15) is 14.4 Å². The number of nitrogens with zero attached hydrogens (tertiary/aromatic N) is 4. The number of hydrogen-bond acceptors (Lipinski definition) is 6. The topological polar surface area (TPSA) is 115 Å². The van der Waals surface area contributed by atoms with Crippen molar-refractivity contribution in [3.63, 3.8) is 0 Å². The van der Waals surface area contributed by atoms with E-state index in [1.165, 1.54) is 4.90 Å². The third kappa shape index (κ3) is 3.11. The van der Waals surface area contributed by atoms with Gasteiger partial charge in [0.05, 0.1) is 25.1 Å². The van der Waals surface area contributed by atoms with Crippen LogP contribution in [0.2, 0.25) is 0 Å². The number of morpholine rings is 1. The Morgan fingerprint density at radius 1 is 1.33 bits per heavy atom. The van der Waals surface area contributed by atoms with Crippen LogP contribution in [0.4, 0.5) is 0 Å². The summed E-state index contributed by atoms with van der Waals surface area (Å²) in [4.78, 5) is 37.1. The van der Waals surface area contributed by atoms with Crippen LogP contribution in [-0.4, -0.2) is 62.7 Å². The molecule has 1 N–H and O–H groups in total. The van der Waals surface area contributed by atoms with Gasteiger partial charge >= 0.3 is 5.97 Å². The van der Waals surface area contributed by atoms with Gasteiger partial charge in [0.2, 0.25) is 5.91 Å². The number of rotatable bonds is 4. The number of benzene rings is 1. The summed E-state index contributed by atoms with van der Waals surface area (Å²) in [5, 5.41) is 17.3. The zero-order chi connectivity index (χ0) is 17.1. The van der Waals surface area contributed by atoms with Crippen LogP contribution in [0.3, 0.4) is 0 Å². The molecule has 9 heteroatoms. The van der Waals surface area contributed by atoms with Crippen LogP contribution in [0.5, 0.6) is 0 Å². The lowest BCUT2D eigenvalue weighted by Gasteiger charge is -2.32. The van der Waals surface area contributed by atoms with Gasteiger partial charge in [-0.1, -0.05) is 17.3 Å². The van der Waals surface area contributed by atoms with Crippen molar-refractivity contribution in [3.8, 4) is 0 Å². The molecule has 1 atom stereocenters. The summed E-state index contributed by atoms with van der Waals surface area (Å²) in [6.45, 7) is 0.523. The molecule has 0 aliphatic carbocycles. The molecule has 9 nitrogen and oxygen atoms in total. The highest BCUT2D eigenvalue weighted by molar-refractivity contribution is 5.84. The molecule has 1 unspecified atom stereocenters. The second kappa shape index (κ2) is 6.75. The number of fused-ring (bicyclic) bond motifs is 1. The molecule has 1 aromatic carbocycles. The smallest absolute Gasteiger partial charge is 0.328 e. The lowest BCUT2D eigenvalue weighted by Crippen LogP contribution is -2.52. The van der Waals surface area contributed by atoms with Gasteiger partial charge in [-0.05, 0) is 12.1 Å². The van der Waals surface area contributed by atoms with Crippen LogP contribution >= 0.6 is 0 Å². The highest BCUT2D eigenvalue weighted by atomic mass is 16.5. The molecule has 1 aliphatic heterocycles. The minimum atomic E-state index is -1.11. The monoisotopic (exact) mass is 332 g/mol. The van der Waals surface area contributed by atoms with Gasteiger partial charge in [0, 0.05) is 13.0 Å². The van der Waals surface area contributed by atoms with Crippen molar-refractivity contribution in [1.82, 2.24) is 19.9 Å². The van der Waals surface area contributed by atoms with E-state index >= 15 is 0 Å². The first-order valence-corrected chi connectivity index (χ1v) is 7.50. The average Bonchev–Trinajstić information content (AvgIpc) is 2.61. The standard InChI is InChI=1S/C15H16N4O5/c20-13(18-7-8-24-9-12(18)15(22)23)5-6-19-14(21)10-3-1-2-4-11(10)16-17-19/h1-4,12H,5-9H2,(H,22,23). The molecule has 1 aromatic heterocycles. The van der Waals surface area contributed by atoms with Crippen molar-refractivity contribution in [3.05, 3.63) is 34.6 Å². The Morgan fingerprint density at radius 3 is 2.92 bits per heavy atom. The minimum absolute atomic E-state index is 0.0310. The summed E-state index contributed by atoms with van der Waals surface area (Å²) in [5.74, 6) is -1.46. The molecule has 1 saturated heterocycles. The fraction of sp³-hybridized carbons (Fsp3) is 0.400. The zero-order valence-electron chi connectivity index (χ0n) is 12.8. The van der Waals surface area contributed by atoms with Crippen molar-refractivity contribution in [2.45, 2.75) is 19.0 Å². The van der Waals surface area contributed by atoms with Crippen LogP contribution < -0.4 is 5.56 Å². The Balaban J connectivity index is 1.73. The summed E-state index contributed by atoms with van der Waals surface area (Å²) >= 11 is 0. The molecule has 1 amide bonds. The number of amides is 1. The predicted molar refractivity (Wildman–Crippen MR) is 82.4 cm³/mol. The number of aliphatic carboxylic acids is 1. The summed E-state index contributed by atoms with van der Waals surface area (Å²) in [6.07, 6.45) is -0.0310. The van der Waals surface area contributed by atoms with Crippen molar-refractivity contribution in [2.75, 3.05) is 19.8 Å². The van der Waals surface area contributed by atoms with Gasteiger partial charge in [0.25, 0.3) is 5.56 Å². The molecular formula is C15H16N4O5. The number of aromatic nitrogens is 3. The molecule has 0 saturated carbocycles. The van der Waals surface area contributed by atoms with E-state index in [0.717, 1.165) is 4.68 Å². The van der Waals surface area contributed by atoms with Gasteiger partial charge in [-0.3, -0.25) is 9.59 Å². The van der Waals surface area contributed by atoms with Crippen LogP contribution in [0.15, 0.2) is 29.1 Å². The Kier molecular flexibility index (Phi) is 4.52. The van der Waals surface area contributed by atoms with Gasteiger partial charge in [-0.2, -0.15) is 0 Å². The van der Waals surface area contributed by atoms with E-state index in [-0.39, 0.29) is 37.6 Å². The third-order valence-corrected chi connectivity index (χ3v) is 3.90. The fourth-order valence-corrected chi connectivity index (χ4v) is 2.62. The second-order valence-electron chi connectivity index (χ2n) is 5.40. The van der Waals surface area contributed by atoms with Crippen molar-refractivity contribution >= 4 is 22.8 Å². The number of ether oxygens (including phenoxy) is 1. The summed E-state index contributed by atoms with van der Waals surface area (Å²) in [7, 11) is 0. The summed E-state index contributed by atoms with van der Waals surface area (Å²) < 4.78 is 6.22. The number of carboxylic acids is 1. The maximum atomic E-state index is 12.3. The van der Waals surface area contributed by atoms with Gasteiger partial charge in [-0.15, -0.1) is 5.10 Å². The molecule has 126 valence electrons. The maximum absolute atomic E-state index is 12.3. The van der Waals surface area contributed by atoms with Crippen molar-refractivity contribution in [2.24, 2.45) is 0 Å². The number of carbonyl (C=O) groups is 2. The van der Waals surface area contributed by atoms with Gasteiger partial charge in [0.1, 0.15) is 5.52 Å². The molecule has 2 aromatic rings. The van der Waals surface area contributed by atoms with Crippen LogP contribution in [0, 0.1) is 0 Å². The first-order valence-electron chi connectivity index (χ1n) is 7.50. The first-order chi connectivity index (χ1) is 11.6. The quantitative estimate of drug-likeness (QED) is 0.802. The SMILES string of the molecule is O=C(O)C1COCCN1C(=O)CCn1nnc2ccccc2c1=O. The molecule has 1 aliphatic rings. The Morgan fingerprint density at radius 2 is 2.12 bits per heavy atom. The van der Waals surface area contributed by atoms with Crippen LogP contribution in [-0.2, 0) is 20.9 Å². The maximum Gasteiger partial charge on any atom is 0.328 e. The zero-order valence-corrected chi connectivity index (χ0v) is 12.8. The van der Waals surface area contributed by atoms with Gasteiger partial charge in [-0.25, -0.2) is 9.48 Å². The van der Waals surface area contributed by atoms with Crippen LogP contribution in [0.25, 0.3) is 10.9 Å². The van der Waals surface area contributed by atoms with E-state index in [1.54, 1.807) is 24.3 Å². The highest BCUT2D eigenvalue weighted by Gasteiger charge is 2.32. The largest absolute Gasteiger partial charge is 0.480 e. The second-order valence-corrected chi connectivity index (χ2v) is 5.40. The molecule has 2 heterocycles. The Hall–Kier alpha value is -2.81. The lowest BCUT2D eigenvalue weighted by atomic mass is 10.2. The van der Waals surface area contributed by atoms with Crippen LogP contribution in [0.1, 0.15) is 6.42 Å². The van der Waals surface area contributed by atoms with Crippen molar-refractivity contribution in [1.29, 1.82) is 0 Å². The average molecular weight is 332 g/mol. The molecule has 0 radical (unpaired) electrons. The first kappa shape index (κ1) is 16.1. The molecular weight excluding hydrogens is 316 g/mol. The van der Waals surface area contributed by atoms with E-state index < -0.39 is 12.0 Å². The fourth-order valence-electron chi connectivity index (χ4n) is 2.62. The lowest BCUT2D eigenvalue weighted by molar-refractivity contribution is -0.158. The Bertz CT molecular complexity index is 834. The van der Waals surface area contributed by atoms with Gasteiger partial charge < -0.3 is 14.7 Å². The number of carboxylic acid groups (broad SMARTS) is 1. The molecule has 24 heavy (non-hydrogen) atoms. The van der Waals surface area contributed by atoms with E-state index in [2.05, 4.69) is 10.3 Å². The van der Waals surface area contributed by atoms with Gasteiger partial charge in [0.15, 0.2) is 6.04 Å². The van der Waals surface area contributed by atoms with E-state index in [1.807, 2.05) is 0 Å². The van der Waals surface area contributed by atoms with E-state index in [0.29, 0.717) is 17.5 Å². The number of carbonyl (C=O) groups excluding carboxylic acids is 1. The molecule has 0 spiro atoms. The summed E-state index contributed by atoms with van der Waals surface area (Å²) in [6, 6.07) is 5.82. The number of aryl methyl sites for hydroxylation is 1. The van der Waals surface area contributed by atoms with Crippen molar-refractivity contribution < 1.29 is 19.4 Å². The predicted octanol–water partition coefficient (Wildman–Crippen LogP) is -0.506. The normalized spacial score (nSPS) is 17.8. The Labute approximate surface area is 136 Å². The third-order valence-electron chi connectivity index (χ3n) is 3.90. The van der Waals surface area contributed by atoms with E-state index in [4.69, 9.17) is 9.84 Å². The summed E-state index contributed by atoms with van der Waals surface area (Å²) in [5.41, 5.74) is 0.161. The molecule has 1 fully saturated rings. The number of hydrogen-bond donors (Lipinski definition) is 1. The minimum Gasteiger partial charge on any atom is -0.480 e. The highest BCUT2D eigenvalue weighted by Crippen LogP contribution is 2.10. The molecule has 0 bridgehead atoms. The molecule has 3 rings (SSSR count).